The maximum absolute atomic E-state index is 14.5. The Morgan fingerprint density at radius 1 is 1.09 bits per heavy atom. The number of nitrogens with one attached hydrogen (secondary N) is 3. The second-order valence-electron chi connectivity index (χ2n) is 8.40. The van der Waals surface area contributed by atoms with Gasteiger partial charge in [-0.2, -0.15) is 0 Å². The monoisotopic (exact) mass is 474 g/mol. The average molecular weight is 474 g/mol. The predicted molar refractivity (Wildman–Crippen MR) is 129 cm³/mol. The normalized spacial score (nSPS) is 13.2. The van der Waals surface area contributed by atoms with Crippen LogP contribution in [0.3, 0.4) is 0 Å². The number of carbonyl (C=O) groups is 2. The first kappa shape index (κ1) is 22.5. The molecule has 0 saturated heterocycles. The maximum Gasteiger partial charge on any atom is 0.257 e. The van der Waals surface area contributed by atoms with Crippen molar-refractivity contribution in [3.63, 3.8) is 0 Å². The van der Waals surface area contributed by atoms with E-state index in [-0.39, 0.29) is 11.3 Å². The molecule has 0 fully saturated rings. The molecule has 0 bridgehead atoms. The highest BCUT2D eigenvalue weighted by Crippen LogP contribution is 2.26. The lowest BCUT2D eigenvalue weighted by Gasteiger charge is -2.11. The van der Waals surface area contributed by atoms with E-state index in [4.69, 9.17) is 0 Å². The van der Waals surface area contributed by atoms with Crippen LogP contribution in [0, 0.1) is 5.82 Å². The van der Waals surface area contributed by atoms with Crippen LogP contribution in [0.2, 0.25) is 0 Å². The van der Waals surface area contributed by atoms with Gasteiger partial charge in [-0.3, -0.25) is 14.4 Å². The number of fused-ring (bicyclic) bond motifs is 2. The number of para-hydroxylation sites is 1. The fourth-order valence-electron chi connectivity index (χ4n) is 4.25. The summed E-state index contributed by atoms with van der Waals surface area (Å²) in [4.78, 5) is 40.4. The van der Waals surface area contributed by atoms with Gasteiger partial charge in [0.25, 0.3) is 5.91 Å². The summed E-state index contributed by atoms with van der Waals surface area (Å²) >= 11 is 0. The molecule has 0 unspecified atom stereocenters. The first-order valence-corrected chi connectivity index (χ1v) is 11.4. The number of pyridine rings is 1. The Morgan fingerprint density at radius 3 is 2.83 bits per heavy atom. The summed E-state index contributed by atoms with van der Waals surface area (Å²) in [6.45, 7) is 0.353. The molecule has 0 radical (unpaired) electrons. The van der Waals surface area contributed by atoms with Crippen molar-refractivity contribution in [3.05, 3.63) is 76.1 Å². The molecule has 0 saturated carbocycles. The van der Waals surface area contributed by atoms with E-state index in [1.165, 1.54) is 18.3 Å². The minimum atomic E-state index is -0.701. The van der Waals surface area contributed by atoms with Gasteiger partial charge in [-0.05, 0) is 43.2 Å². The summed E-state index contributed by atoms with van der Waals surface area (Å²) in [6.07, 6.45) is 5.34. The fraction of sp³-hybridized carbons (Fsp3) is 0.240. The molecule has 0 spiro atoms. The molecule has 10 heteroatoms. The number of aryl methyl sites for hydroxylation is 1. The summed E-state index contributed by atoms with van der Waals surface area (Å²) in [5.74, 6) is -0.422. The van der Waals surface area contributed by atoms with Gasteiger partial charge in [-0.1, -0.05) is 18.6 Å². The molecule has 9 nitrogen and oxygen atoms in total. The number of hydrogen-bond donors (Lipinski definition) is 3. The number of benzene rings is 2. The zero-order chi connectivity index (χ0) is 24.4. The second kappa shape index (κ2) is 9.49. The molecule has 2 amide bonds. The van der Waals surface area contributed by atoms with E-state index in [0.717, 1.165) is 38.1 Å². The van der Waals surface area contributed by atoms with Gasteiger partial charge in [0, 0.05) is 35.6 Å². The average Bonchev–Trinajstić information content (AvgIpc) is 3.12. The number of rotatable bonds is 5. The third-order valence-electron chi connectivity index (χ3n) is 6.05. The number of nitrogens with zero attached hydrogens (tertiary/aromatic N) is 3. The summed E-state index contributed by atoms with van der Waals surface area (Å²) in [7, 11) is 0. The Labute approximate surface area is 199 Å². The van der Waals surface area contributed by atoms with E-state index in [1.807, 2.05) is 4.57 Å². The Kier molecular flexibility index (Phi) is 6.09. The topological polar surface area (TPSA) is 122 Å². The number of anilines is 1. The number of carbonyl (C=O) groups excluding carboxylic acids is 2. The Hall–Kier alpha value is -4.34. The van der Waals surface area contributed by atoms with Crippen molar-refractivity contribution in [2.75, 3.05) is 11.9 Å². The van der Waals surface area contributed by atoms with Crippen LogP contribution in [-0.4, -0.2) is 38.1 Å². The van der Waals surface area contributed by atoms with Crippen molar-refractivity contribution in [1.82, 2.24) is 25.1 Å². The van der Waals surface area contributed by atoms with Crippen molar-refractivity contribution in [2.45, 2.75) is 32.2 Å². The van der Waals surface area contributed by atoms with E-state index in [9.17, 15) is 18.8 Å². The Bertz CT molecular complexity index is 1490. The summed E-state index contributed by atoms with van der Waals surface area (Å²) in [6, 6.07) is 11.2. The number of aromatic nitrogens is 4. The van der Waals surface area contributed by atoms with Crippen LogP contribution in [0.25, 0.3) is 22.3 Å². The van der Waals surface area contributed by atoms with Gasteiger partial charge in [0.15, 0.2) is 5.82 Å². The first-order chi connectivity index (χ1) is 17.0. The maximum atomic E-state index is 14.5. The van der Waals surface area contributed by atoms with Crippen molar-refractivity contribution < 1.29 is 14.0 Å². The van der Waals surface area contributed by atoms with Crippen LogP contribution in [0.4, 0.5) is 10.1 Å². The smallest absolute Gasteiger partial charge is 0.257 e. The number of H-pyrrole nitrogens is 1. The molecular weight excluding hydrogens is 451 g/mol. The molecule has 0 atom stereocenters. The molecular formula is C25H23FN6O3. The van der Waals surface area contributed by atoms with Gasteiger partial charge in [-0.25, -0.2) is 4.39 Å². The Morgan fingerprint density at radius 2 is 1.94 bits per heavy atom. The standard InChI is InChI=1S/C25H23FN6O3/c26-18-10-9-15(24-31-30-21-8-2-1-5-11-32(21)24)12-20(18)29-22(33)14-28-25(35)17-13-27-19-7-4-3-6-16(19)23(17)34/h3-4,6-7,9-10,12-13H,1-2,5,8,11,14H2,(H,27,34)(H,28,35)(H,29,33). The van der Waals surface area contributed by atoms with Gasteiger partial charge < -0.3 is 20.2 Å². The van der Waals surface area contributed by atoms with Crippen LogP contribution in [0.5, 0.6) is 0 Å². The SMILES string of the molecule is O=C(CNC(=O)c1c[nH]c2ccccc2c1=O)Nc1cc(-c2nnc3n2CCCCC3)ccc1F. The number of amides is 2. The summed E-state index contributed by atoms with van der Waals surface area (Å²) in [5, 5.41) is 13.8. The van der Waals surface area contributed by atoms with E-state index in [1.54, 1.807) is 30.3 Å². The van der Waals surface area contributed by atoms with Crippen molar-refractivity contribution in [2.24, 2.45) is 0 Å². The minimum Gasteiger partial charge on any atom is -0.360 e. The number of hydrogen-bond acceptors (Lipinski definition) is 5. The van der Waals surface area contributed by atoms with Crippen LogP contribution in [0.1, 0.15) is 35.4 Å². The van der Waals surface area contributed by atoms with Crippen LogP contribution < -0.4 is 16.1 Å². The highest BCUT2D eigenvalue weighted by atomic mass is 19.1. The zero-order valence-corrected chi connectivity index (χ0v) is 18.8. The quantitative estimate of drug-likeness (QED) is 0.411. The van der Waals surface area contributed by atoms with Crippen molar-refractivity contribution in [3.8, 4) is 11.4 Å². The highest BCUT2D eigenvalue weighted by Gasteiger charge is 2.18. The molecule has 35 heavy (non-hydrogen) atoms. The summed E-state index contributed by atoms with van der Waals surface area (Å²) in [5.41, 5.74) is 0.651. The van der Waals surface area contributed by atoms with Gasteiger partial charge in [-0.15, -0.1) is 10.2 Å². The predicted octanol–water partition coefficient (Wildman–Crippen LogP) is 3.02. The molecule has 5 rings (SSSR count). The summed E-state index contributed by atoms with van der Waals surface area (Å²) < 4.78 is 16.5. The van der Waals surface area contributed by atoms with Crippen LogP contribution in [0.15, 0.2) is 53.5 Å². The van der Waals surface area contributed by atoms with Crippen molar-refractivity contribution in [1.29, 1.82) is 0 Å². The molecule has 2 aromatic carbocycles. The lowest BCUT2D eigenvalue weighted by Crippen LogP contribution is -2.35. The van der Waals surface area contributed by atoms with Crippen molar-refractivity contribution >= 4 is 28.4 Å². The van der Waals surface area contributed by atoms with Gasteiger partial charge in [0.2, 0.25) is 11.3 Å². The van der Waals surface area contributed by atoms with Gasteiger partial charge >= 0.3 is 0 Å². The van der Waals surface area contributed by atoms with Gasteiger partial charge in [0.05, 0.1) is 12.2 Å². The molecule has 1 aliphatic rings. The van der Waals surface area contributed by atoms with E-state index >= 15 is 0 Å². The molecule has 0 aliphatic carbocycles. The molecule has 4 aromatic rings. The van der Waals surface area contributed by atoms with Gasteiger partial charge in [0.1, 0.15) is 17.2 Å². The minimum absolute atomic E-state index is 0.0312. The molecule has 178 valence electrons. The molecule has 1 aliphatic heterocycles. The van der Waals surface area contributed by atoms with Crippen LogP contribution >= 0.6 is 0 Å². The molecule has 2 aromatic heterocycles. The lowest BCUT2D eigenvalue weighted by atomic mass is 10.1. The van der Waals surface area contributed by atoms with E-state index in [2.05, 4.69) is 25.8 Å². The van der Waals surface area contributed by atoms with E-state index in [0.29, 0.717) is 22.3 Å². The fourth-order valence-corrected chi connectivity index (χ4v) is 4.25. The van der Waals surface area contributed by atoms with E-state index < -0.39 is 29.6 Å². The number of aromatic amines is 1. The third-order valence-corrected chi connectivity index (χ3v) is 6.05. The zero-order valence-electron chi connectivity index (χ0n) is 18.8. The number of halogens is 1. The molecule has 3 heterocycles. The third kappa shape index (κ3) is 4.54. The largest absolute Gasteiger partial charge is 0.360 e. The first-order valence-electron chi connectivity index (χ1n) is 11.4. The molecule has 3 N–H and O–H groups in total. The Balaban J connectivity index is 1.28. The lowest BCUT2D eigenvalue weighted by molar-refractivity contribution is -0.115. The van der Waals surface area contributed by atoms with Crippen LogP contribution in [-0.2, 0) is 17.8 Å². The second-order valence-corrected chi connectivity index (χ2v) is 8.40. The highest BCUT2D eigenvalue weighted by molar-refractivity contribution is 6.00.